The summed E-state index contributed by atoms with van der Waals surface area (Å²) in [5.74, 6) is 2.29. The van der Waals surface area contributed by atoms with Gasteiger partial charge in [0.15, 0.2) is 11.5 Å². The molecule has 0 bridgehead atoms. The van der Waals surface area contributed by atoms with Crippen LogP contribution in [0, 0.1) is 5.92 Å². The van der Waals surface area contributed by atoms with E-state index in [0.717, 1.165) is 41.0 Å². The van der Waals surface area contributed by atoms with Crippen molar-refractivity contribution >= 4 is 17.3 Å². The second-order valence-electron chi connectivity index (χ2n) is 7.16. The number of aromatic nitrogens is 4. The Bertz CT molecular complexity index is 1070. The van der Waals surface area contributed by atoms with Crippen molar-refractivity contribution in [2.75, 3.05) is 11.9 Å². The van der Waals surface area contributed by atoms with Crippen LogP contribution in [-0.4, -0.2) is 26.6 Å². The molecule has 1 aliphatic rings. The number of para-hydroxylation sites is 1. The molecule has 0 saturated heterocycles. The van der Waals surface area contributed by atoms with E-state index in [9.17, 15) is 0 Å². The standard InChI is InChI=1S/C22H21N5/c1-26(19-10-6-3-7-11-19)22-25-20(17-8-4-2-5-9-17)24-21-18(14-16-12-13-16)15-23-27(21)22/h2-11,15-16H,12-14H2,1H3. The normalized spacial score (nSPS) is 13.8. The lowest BCUT2D eigenvalue weighted by atomic mass is 10.1. The highest BCUT2D eigenvalue weighted by Gasteiger charge is 2.25. The van der Waals surface area contributed by atoms with Gasteiger partial charge < -0.3 is 4.90 Å². The van der Waals surface area contributed by atoms with Gasteiger partial charge in [0.2, 0.25) is 5.95 Å². The lowest BCUT2D eigenvalue weighted by Gasteiger charge is -2.19. The molecule has 5 heteroatoms. The number of hydrogen-bond donors (Lipinski definition) is 0. The minimum Gasteiger partial charge on any atom is -0.313 e. The first-order valence-electron chi connectivity index (χ1n) is 9.38. The van der Waals surface area contributed by atoms with E-state index in [1.54, 1.807) is 0 Å². The predicted molar refractivity (Wildman–Crippen MR) is 107 cm³/mol. The Labute approximate surface area is 158 Å². The quantitative estimate of drug-likeness (QED) is 0.528. The fourth-order valence-electron chi connectivity index (χ4n) is 3.39. The maximum Gasteiger partial charge on any atom is 0.234 e. The van der Waals surface area contributed by atoms with Gasteiger partial charge in [0.1, 0.15) is 0 Å². The Morgan fingerprint density at radius 3 is 2.37 bits per heavy atom. The van der Waals surface area contributed by atoms with Gasteiger partial charge in [-0.2, -0.15) is 14.6 Å². The molecule has 4 aromatic rings. The zero-order valence-corrected chi connectivity index (χ0v) is 15.3. The first-order chi connectivity index (χ1) is 13.3. The van der Waals surface area contributed by atoms with E-state index in [0.29, 0.717) is 0 Å². The summed E-state index contributed by atoms with van der Waals surface area (Å²) in [6, 6.07) is 20.4. The van der Waals surface area contributed by atoms with E-state index in [1.807, 2.05) is 54.2 Å². The summed E-state index contributed by atoms with van der Waals surface area (Å²) < 4.78 is 1.87. The predicted octanol–water partition coefficient (Wildman–Crippen LogP) is 4.51. The number of anilines is 2. The van der Waals surface area contributed by atoms with Crippen LogP contribution in [0.2, 0.25) is 0 Å². The second-order valence-corrected chi connectivity index (χ2v) is 7.16. The van der Waals surface area contributed by atoms with Gasteiger partial charge in [-0.1, -0.05) is 48.5 Å². The van der Waals surface area contributed by atoms with Gasteiger partial charge in [0, 0.05) is 23.9 Å². The van der Waals surface area contributed by atoms with E-state index in [1.165, 1.54) is 18.4 Å². The summed E-state index contributed by atoms with van der Waals surface area (Å²) in [6.45, 7) is 0. The summed E-state index contributed by atoms with van der Waals surface area (Å²) in [6.07, 6.45) is 5.62. The summed E-state index contributed by atoms with van der Waals surface area (Å²) >= 11 is 0. The summed E-state index contributed by atoms with van der Waals surface area (Å²) in [5, 5.41) is 4.63. The largest absolute Gasteiger partial charge is 0.313 e. The summed E-state index contributed by atoms with van der Waals surface area (Å²) in [4.78, 5) is 11.8. The Balaban J connectivity index is 1.69. The van der Waals surface area contributed by atoms with Gasteiger partial charge in [-0.15, -0.1) is 0 Å². The van der Waals surface area contributed by atoms with Gasteiger partial charge in [-0.05, 0) is 37.3 Å². The molecule has 0 N–H and O–H groups in total. The Hall–Kier alpha value is -3.21. The number of rotatable bonds is 5. The third-order valence-corrected chi connectivity index (χ3v) is 5.11. The Morgan fingerprint density at radius 2 is 1.67 bits per heavy atom. The number of fused-ring (bicyclic) bond motifs is 1. The zero-order valence-electron chi connectivity index (χ0n) is 15.3. The van der Waals surface area contributed by atoms with Crippen molar-refractivity contribution < 1.29 is 0 Å². The molecular formula is C22H21N5. The molecule has 2 heterocycles. The molecule has 1 saturated carbocycles. The fraction of sp³-hybridized carbons (Fsp3) is 0.227. The topological polar surface area (TPSA) is 46.3 Å². The first-order valence-corrected chi connectivity index (χ1v) is 9.38. The van der Waals surface area contributed by atoms with Gasteiger partial charge >= 0.3 is 0 Å². The molecule has 5 nitrogen and oxygen atoms in total. The van der Waals surface area contributed by atoms with Crippen LogP contribution >= 0.6 is 0 Å². The van der Waals surface area contributed by atoms with Gasteiger partial charge in [-0.25, -0.2) is 4.98 Å². The van der Waals surface area contributed by atoms with Crippen LogP contribution in [0.3, 0.4) is 0 Å². The highest BCUT2D eigenvalue weighted by Crippen LogP contribution is 2.34. The summed E-state index contributed by atoms with van der Waals surface area (Å²) in [5.41, 5.74) is 4.20. The van der Waals surface area contributed by atoms with Crippen LogP contribution in [0.4, 0.5) is 11.6 Å². The SMILES string of the molecule is CN(c1ccccc1)c1nc(-c2ccccc2)nc2c(CC3CC3)cnn12. The minimum atomic E-state index is 0.735. The molecule has 2 aromatic carbocycles. The zero-order chi connectivity index (χ0) is 18.2. The third-order valence-electron chi connectivity index (χ3n) is 5.11. The molecule has 27 heavy (non-hydrogen) atoms. The average molecular weight is 355 g/mol. The highest BCUT2D eigenvalue weighted by atomic mass is 15.4. The molecule has 134 valence electrons. The maximum atomic E-state index is 4.89. The maximum absolute atomic E-state index is 4.89. The van der Waals surface area contributed by atoms with Crippen molar-refractivity contribution in [1.82, 2.24) is 19.6 Å². The molecule has 0 amide bonds. The molecule has 0 radical (unpaired) electrons. The highest BCUT2D eigenvalue weighted by molar-refractivity contribution is 5.65. The minimum absolute atomic E-state index is 0.735. The van der Waals surface area contributed by atoms with Crippen LogP contribution in [0.25, 0.3) is 17.0 Å². The van der Waals surface area contributed by atoms with Crippen LogP contribution < -0.4 is 4.90 Å². The molecule has 1 fully saturated rings. The molecular weight excluding hydrogens is 334 g/mol. The lowest BCUT2D eigenvalue weighted by molar-refractivity contribution is 0.834. The summed E-state index contributed by atoms with van der Waals surface area (Å²) in [7, 11) is 2.02. The van der Waals surface area contributed by atoms with Crippen molar-refractivity contribution in [3.63, 3.8) is 0 Å². The van der Waals surface area contributed by atoms with Gasteiger partial charge in [0.25, 0.3) is 0 Å². The van der Waals surface area contributed by atoms with E-state index in [2.05, 4.69) is 34.3 Å². The molecule has 2 aromatic heterocycles. The molecule has 0 atom stereocenters. The second kappa shape index (κ2) is 6.50. The van der Waals surface area contributed by atoms with Crippen molar-refractivity contribution in [2.45, 2.75) is 19.3 Å². The fourth-order valence-corrected chi connectivity index (χ4v) is 3.39. The Morgan fingerprint density at radius 1 is 0.963 bits per heavy atom. The number of benzene rings is 2. The van der Waals surface area contributed by atoms with Crippen molar-refractivity contribution in [3.8, 4) is 11.4 Å². The number of nitrogens with zero attached hydrogens (tertiary/aromatic N) is 5. The monoisotopic (exact) mass is 355 g/mol. The van der Waals surface area contributed by atoms with Crippen LogP contribution in [0.1, 0.15) is 18.4 Å². The van der Waals surface area contributed by atoms with E-state index in [4.69, 9.17) is 9.97 Å². The Kier molecular flexibility index (Phi) is 3.85. The molecule has 1 aliphatic carbocycles. The first kappa shape index (κ1) is 16.0. The van der Waals surface area contributed by atoms with Crippen molar-refractivity contribution in [1.29, 1.82) is 0 Å². The van der Waals surface area contributed by atoms with Crippen LogP contribution in [0.15, 0.2) is 66.9 Å². The number of hydrogen-bond acceptors (Lipinski definition) is 4. The van der Waals surface area contributed by atoms with E-state index < -0.39 is 0 Å². The molecule has 5 rings (SSSR count). The van der Waals surface area contributed by atoms with E-state index in [-0.39, 0.29) is 0 Å². The average Bonchev–Trinajstić information content (AvgIpc) is 3.47. The van der Waals surface area contributed by atoms with E-state index >= 15 is 0 Å². The van der Waals surface area contributed by atoms with Crippen molar-refractivity contribution in [2.24, 2.45) is 5.92 Å². The van der Waals surface area contributed by atoms with Crippen molar-refractivity contribution in [3.05, 3.63) is 72.4 Å². The van der Waals surface area contributed by atoms with Crippen LogP contribution in [0.5, 0.6) is 0 Å². The van der Waals surface area contributed by atoms with Gasteiger partial charge in [0.05, 0.1) is 6.20 Å². The molecule has 0 aliphatic heterocycles. The van der Waals surface area contributed by atoms with Crippen LogP contribution in [-0.2, 0) is 6.42 Å². The molecule has 0 unspecified atom stereocenters. The smallest absolute Gasteiger partial charge is 0.234 e. The lowest BCUT2D eigenvalue weighted by Crippen LogP contribution is -2.17. The molecule has 0 spiro atoms. The third kappa shape index (κ3) is 3.05. The van der Waals surface area contributed by atoms with Gasteiger partial charge in [-0.3, -0.25) is 0 Å².